The summed E-state index contributed by atoms with van der Waals surface area (Å²) >= 11 is 0. The molecule has 1 aliphatic rings. The molecule has 1 unspecified atom stereocenters. The lowest BCUT2D eigenvalue weighted by molar-refractivity contribution is -0.142. The van der Waals surface area contributed by atoms with Gasteiger partial charge >= 0.3 is 6.18 Å². The number of carbonyl (C=O) groups is 1. The Balaban J connectivity index is 1.44. The number of fused-ring (bicyclic) bond motifs is 2. The molecule has 38 heavy (non-hydrogen) atoms. The highest BCUT2D eigenvalue weighted by Crippen LogP contribution is 2.34. The normalized spacial score (nSPS) is 13.8. The number of ether oxygens (including phenoxy) is 1. The second kappa shape index (κ2) is 10.1. The molecule has 0 fully saturated rings. The van der Waals surface area contributed by atoms with Crippen molar-refractivity contribution in [2.45, 2.75) is 25.6 Å². The third kappa shape index (κ3) is 4.86. The van der Waals surface area contributed by atoms with E-state index in [2.05, 4.69) is 29.2 Å². The molecular weight excluding hydrogens is 516 g/mol. The van der Waals surface area contributed by atoms with Crippen molar-refractivity contribution in [3.05, 3.63) is 76.6 Å². The van der Waals surface area contributed by atoms with Crippen LogP contribution in [-0.2, 0) is 37.4 Å². The van der Waals surface area contributed by atoms with Crippen molar-refractivity contribution < 1.29 is 22.7 Å². The Labute approximate surface area is 218 Å². The standard InChI is InChI=1S/C26H24F3N6O2P/c1-34-23-21(24(37-2)31-14-30-23)17(25(34)38)8-9-20(36)35-11-10-16-18(13-35)32-19(33-22(16)26(27,28)29)12-15-6-4-3-5-7-15/h3-9,14H,10-13,38H2,1-2H3/b9-8+. The molecule has 1 amide bonds. The van der Waals surface area contributed by atoms with Crippen LogP contribution in [0.25, 0.3) is 17.1 Å². The molecule has 1 aliphatic heterocycles. The van der Waals surface area contributed by atoms with E-state index in [4.69, 9.17) is 4.74 Å². The van der Waals surface area contributed by atoms with Gasteiger partial charge in [0.2, 0.25) is 11.8 Å². The summed E-state index contributed by atoms with van der Waals surface area (Å²) in [6, 6.07) is 9.07. The molecule has 8 nitrogen and oxygen atoms in total. The zero-order chi connectivity index (χ0) is 27.0. The predicted molar refractivity (Wildman–Crippen MR) is 139 cm³/mol. The van der Waals surface area contributed by atoms with Gasteiger partial charge in [-0.15, -0.1) is 0 Å². The molecule has 12 heteroatoms. The van der Waals surface area contributed by atoms with E-state index in [0.29, 0.717) is 22.5 Å². The minimum absolute atomic E-state index is 0.0141. The summed E-state index contributed by atoms with van der Waals surface area (Å²) in [6.45, 7) is 0.0813. The molecule has 3 aromatic heterocycles. The lowest BCUT2D eigenvalue weighted by Crippen LogP contribution is -2.37. The Morgan fingerprint density at radius 2 is 1.95 bits per heavy atom. The van der Waals surface area contributed by atoms with Gasteiger partial charge in [0.25, 0.3) is 0 Å². The summed E-state index contributed by atoms with van der Waals surface area (Å²) in [5.74, 6) is 0.105. The minimum atomic E-state index is -4.62. The molecule has 0 aliphatic carbocycles. The maximum atomic E-state index is 13.9. The zero-order valence-corrected chi connectivity index (χ0v) is 21.8. The minimum Gasteiger partial charge on any atom is -0.480 e. The van der Waals surface area contributed by atoms with Gasteiger partial charge in [-0.05, 0) is 18.1 Å². The van der Waals surface area contributed by atoms with Crippen LogP contribution in [0.15, 0.2) is 42.7 Å². The molecule has 0 N–H and O–H groups in total. The van der Waals surface area contributed by atoms with Gasteiger partial charge in [-0.25, -0.2) is 19.9 Å². The molecule has 0 radical (unpaired) electrons. The Hall–Kier alpha value is -3.85. The Bertz CT molecular complexity index is 1550. The first-order valence-electron chi connectivity index (χ1n) is 11.8. The van der Waals surface area contributed by atoms with Gasteiger partial charge in [0.15, 0.2) is 5.69 Å². The highest BCUT2D eigenvalue weighted by Gasteiger charge is 2.39. The van der Waals surface area contributed by atoms with Crippen LogP contribution in [0.3, 0.4) is 0 Å². The maximum Gasteiger partial charge on any atom is 0.433 e. The zero-order valence-electron chi connectivity index (χ0n) is 20.7. The first-order valence-corrected chi connectivity index (χ1v) is 12.3. The van der Waals surface area contributed by atoms with Gasteiger partial charge < -0.3 is 14.2 Å². The molecular formula is C26H24F3N6O2P. The van der Waals surface area contributed by atoms with E-state index in [1.54, 1.807) is 6.08 Å². The molecule has 0 saturated heterocycles. The molecule has 4 aromatic rings. The lowest BCUT2D eigenvalue weighted by Gasteiger charge is -2.29. The maximum absolute atomic E-state index is 13.9. The van der Waals surface area contributed by atoms with E-state index in [1.807, 2.05) is 41.9 Å². The topological polar surface area (TPSA) is 86.0 Å². The Morgan fingerprint density at radius 3 is 2.66 bits per heavy atom. The van der Waals surface area contributed by atoms with Crippen LogP contribution >= 0.6 is 9.24 Å². The van der Waals surface area contributed by atoms with E-state index >= 15 is 0 Å². The van der Waals surface area contributed by atoms with Crippen molar-refractivity contribution in [3.8, 4) is 5.88 Å². The number of aromatic nitrogens is 5. The number of benzene rings is 1. The van der Waals surface area contributed by atoms with Crippen molar-refractivity contribution in [1.29, 1.82) is 0 Å². The van der Waals surface area contributed by atoms with Gasteiger partial charge in [0, 0.05) is 42.7 Å². The fourth-order valence-corrected chi connectivity index (χ4v) is 4.98. The summed E-state index contributed by atoms with van der Waals surface area (Å²) in [4.78, 5) is 31.4. The monoisotopic (exact) mass is 540 g/mol. The fourth-order valence-electron chi connectivity index (χ4n) is 4.62. The number of alkyl halides is 3. The third-order valence-electron chi connectivity index (χ3n) is 6.50. The van der Waals surface area contributed by atoms with Crippen LogP contribution in [0.1, 0.15) is 33.9 Å². The van der Waals surface area contributed by atoms with Crippen molar-refractivity contribution >= 4 is 37.7 Å². The van der Waals surface area contributed by atoms with E-state index in [9.17, 15) is 18.0 Å². The van der Waals surface area contributed by atoms with Crippen LogP contribution in [0.2, 0.25) is 0 Å². The SMILES string of the molecule is COc1ncnc2c1c(/C=C/C(=O)N1CCc3c(nc(Cc4ccccc4)nc3C(F)(F)F)C1)c(P)n2C. The fraction of sp³-hybridized carbons (Fsp3) is 0.269. The van der Waals surface area contributed by atoms with E-state index in [-0.39, 0.29) is 48.9 Å². The average Bonchev–Trinajstić information content (AvgIpc) is 3.15. The van der Waals surface area contributed by atoms with Gasteiger partial charge in [-0.1, -0.05) is 39.6 Å². The first-order chi connectivity index (χ1) is 18.2. The molecule has 4 heterocycles. The number of aryl methyl sites for hydroxylation is 1. The second-order valence-corrected chi connectivity index (χ2v) is 9.40. The largest absolute Gasteiger partial charge is 0.480 e. The molecule has 0 saturated carbocycles. The Kier molecular flexibility index (Phi) is 6.88. The summed E-state index contributed by atoms with van der Waals surface area (Å²) < 4.78 is 48.9. The summed E-state index contributed by atoms with van der Waals surface area (Å²) in [7, 11) is 5.96. The number of amides is 1. The summed E-state index contributed by atoms with van der Waals surface area (Å²) in [5.41, 5.74) is 2.26. The highest BCUT2D eigenvalue weighted by atomic mass is 31.0. The second-order valence-electron chi connectivity index (χ2n) is 8.86. The molecule has 1 atom stereocenters. The molecule has 1 aromatic carbocycles. The van der Waals surface area contributed by atoms with Gasteiger partial charge in [-0.3, -0.25) is 4.79 Å². The number of rotatable bonds is 5. The van der Waals surface area contributed by atoms with Crippen molar-refractivity contribution in [1.82, 2.24) is 29.4 Å². The number of hydrogen-bond acceptors (Lipinski definition) is 6. The predicted octanol–water partition coefficient (Wildman–Crippen LogP) is 3.48. The van der Waals surface area contributed by atoms with Crippen LogP contribution in [-0.4, -0.2) is 49.0 Å². The van der Waals surface area contributed by atoms with Gasteiger partial charge in [0.1, 0.15) is 17.8 Å². The molecule has 5 rings (SSSR count). The third-order valence-corrected chi connectivity index (χ3v) is 7.20. The van der Waals surface area contributed by atoms with Crippen LogP contribution in [0.4, 0.5) is 13.2 Å². The van der Waals surface area contributed by atoms with Crippen molar-refractivity contribution in [3.63, 3.8) is 0 Å². The van der Waals surface area contributed by atoms with E-state index < -0.39 is 11.9 Å². The number of hydrogen-bond donors (Lipinski definition) is 0. The quantitative estimate of drug-likeness (QED) is 0.285. The number of halogens is 3. The number of nitrogens with zero attached hydrogens (tertiary/aromatic N) is 6. The molecule has 0 bridgehead atoms. The summed E-state index contributed by atoms with van der Waals surface area (Å²) in [6.07, 6.45) is 0.00740. The summed E-state index contributed by atoms with van der Waals surface area (Å²) in [5, 5.41) is 0.656. The molecule has 196 valence electrons. The average molecular weight is 540 g/mol. The van der Waals surface area contributed by atoms with Crippen molar-refractivity contribution in [2.75, 3.05) is 13.7 Å². The van der Waals surface area contributed by atoms with E-state index in [1.165, 1.54) is 24.4 Å². The van der Waals surface area contributed by atoms with Crippen LogP contribution < -0.4 is 10.2 Å². The first kappa shape index (κ1) is 25.8. The smallest absolute Gasteiger partial charge is 0.433 e. The number of methoxy groups -OCH3 is 1. The lowest BCUT2D eigenvalue weighted by atomic mass is 10.0. The number of carbonyl (C=O) groups excluding carboxylic acids is 1. The van der Waals surface area contributed by atoms with E-state index in [0.717, 1.165) is 11.0 Å². The Morgan fingerprint density at radius 1 is 1.18 bits per heavy atom. The molecule has 0 spiro atoms. The van der Waals surface area contributed by atoms with Gasteiger partial charge in [-0.2, -0.15) is 13.2 Å². The van der Waals surface area contributed by atoms with Crippen molar-refractivity contribution in [2.24, 2.45) is 7.05 Å². The van der Waals surface area contributed by atoms with Gasteiger partial charge in [0.05, 0.1) is 24.7 Å². The highest BCUT2D eigenvalue weighted by molar-refractivity contribution is 7.27. The van der Waals surface area contributed by atoms with Crippen LogP contribution in [0, 0.1) is 0 Å². The van der Waals surface area contributed by atoms with Crippen LogP contribution in [0.5, 0.6) is 5.88 Å².